The molecule has 0 radical (unpaired) electrons. The molecule has 4 N–H and O–H groups in total. The highest BCUT2D eigenvalue weighted by Gasteiger charge is 2.20. The Morgan fingerprint density at radius 3 is 2.19 bits per heavy atom. The molecule has 4 rings (SSSR count). The summed E-state index contributed by atoms with van der Waals surface area (Å²) in [5.41, 5.74) is -0.639. The number of thiazole rings is 1. The van der Waals surface area contributed by atoms with Crippen LogP contribution < -0.4 is 5.32 Å². The highest BCUT2D eigenvalue weighted by molar-refractivity contribution is 8.01. The van der Waals surface area contributed by atoms with Crippen LogP contribution >= 0.6 is 23.1 Å². The van der Waals surface area contributed by atoms with E-state index in [1.165, 1.54) is 29.2 Å². The minimum absolute atomic E-state index is 0.0195. The molecule has 1 heterocycles. The molecule has 0 aliphatic rings. The number of carboxylic acids is 2. The molecule has 0 spiro atoms. The Morgan fingerprint density at radius 1 is 0.938 bits per heavy atom. The summed E-state index contributed by atoms with van der Waals surface area (Å²) in [6.07, 6.45) is 1.67. The number of phenols is 1. The SMILES string of the molecule is O=C(O)c1cc(NC(=O)c2cc(Sc3nccs3)c3ccccc3c2O)cc(C(=O)O)c1. The molecular formula is C22H14N2O6S2. The third-order valence-corrected chi connectivity index (χ3v) is 6.46. The number of carbonyl (C=O) groups is 3. The number of nitrogens with one attached hydrogen (secondary N) is 1. The average Bonchev–Trinajstić information content (AvgIpc) is 3.28. The fourth-order valence-corrected chi connectivity index (χ4v) is 4.84. The summed E-state index contributed by atoms with van der Waals surface area (Å²) in [5, 5.41) is 34.8. The van der Waals surface area contributed by atoms with Crippen molar-refractivity contribution in [3.8, 4) is 5.75 Å². The van der Waals surface area contributed by atoms with Crippen LogP contribution in [0.3, 0.4) is 0 Å². The van der Waals surface area contributed by atoms with Gasteiger partial charge in [-0.3, -0.25) is 4.79 Å². The zero-order valence-electron chi connectivity index (χ0n) is 16.1. The number of phenolic OH excluding ortho intramolecular Hbond substituents is 1. The topological polar surface area (TPSA) is 137 Å². The van der Waals surface area contributed by atoms with Crippen LogP contribution in [0.15, 0.2) is 69.3 Å². The monoisotopic (exact) mass is 466 g/mol. The van der Waals surface area contributed by atoms with Gasteiger partial charge in [-0.1, -0.05) is 36.0 Å². The van der Waals surface area contributed by atoms with Crippen LogP contribution in [0, 0.1) is 0 Å². The molecule has 32 heavy (non-hydrogen) atoms. The Kier molecular flexibility index (Phi) is 5.80. The predicted molar refractivity (Wildman–Crippen MR) is 120 cm³/mol. The minimum atomic E-state index is -1.33. The molecule has 0 aliphatic heterocycles. The van der Waals surface area contributed by atoms with E-state index in [1.807, 2.05) is 17.5 Å². The minimum Gasteiger partial charge on any atom is -0.506 e. The highest BCUT2D eigenvalue weighted by atomic mass is 32.2. The second kappa shape index (κ2) is 8.69. The summed E-state index contributed by atoms with van der Waals surface area (Å²) in [7, 11) is 0. The van der Waals surface area contributed by atoms with Crippen LogP contribution in [0.5, 0.6) is 5.75 Å². The number of aromatic nitrogens is 1. The summed E-state index contributed by atoms with van der Waals surface area (Å²) < 4.78 is 0.757. The van der Waals surface area contributed by atoms with Crippen molar-refractivity contribution in [3.05, 3.63) is 76.8 Å². The van der Waals surface area contributed by atoms with Gasteiger partial charge < -0.3 is 20.6 Å². The van der Waals surface area contributed by atoms with E-state index in [4.69, 9.17) is 0 Å². The maximum absolute atomic E-state index is 13.0. The van der Waals surface area contributed by atoms with Gasteiger partial charge in [-0.2, -0.15) is 0 Å². The number of hydrogen-bond donors (Lipinski definition) is 4. The van der Waals surface area contributed by atoms with Crippen molar-refractivity contribution in [1.29, 1.82) is 0 Å². The lowest BCUT2D eigenvalue weighted by molar-refractivity contribution is 0.0696. The number of carbonyl (C=O) groups excluding carboxylic acids is 1. The van der Waals surface area contributed by atoms with E-state index in [9.17, 15) is 29.7 Å². The molecule has 0 atom stereocenters. The zero-order valence-corrected chi connectivity index (χ0v) is 17.7. The van der Waals surface area contributed by atoms with Crippen molar-refractivity contribution in [2.45, 2.75) is 9.24 Å². The van der Waals surface area contributed by atoms with E-state index in [0.717, 1.165) is 27.9 Å². The Morgan fingerprint density at radius 2 is 1.59 bits per heavy atom. The van der Waals surface area contributed by atoms with Gasteiger partial charge in [0.1, 0.15) is 5.75 Å². The number of anilines is 1. The number of fused-ring (bicyclic) bond motifs is 1. The normalized spacial score (nSPS) is 10.8. The molecular weight excluding hydrogens is 452 g/mol. The lowest BCUT2D eigenvalue weighted by Gasteiger charge is -2.13. The molecule has 1 amide bonds. The lowest BCUT2D eigenvalue weighted by atomic mass is 10.0. The van der Waals surface area contributed by atoms with Crippen molar-refractivity contribution < 1.29 is 29.7 Å². The van der Waals surface area contributed by atoms with Crippen LogP contribution in [-0.4, -0.2) is 38.1 Å². The number of nitrogens with zero attached hydrogens (tertiary/aromatic N) is 1. The molecule has 0 bridgehead atoms. The van der Waals surface area contributed by atoms with Crippen molar-refractivity contribution in [2.24, 2.45) is 0 Å². The Labute approximate surface area is 189 Å². The van der Waals surface area contributed by atoms with Gasteiger partial charge in [0.25, 0.3) is 5.91 Å². The Bertz CT molecular complexity index is 1340. The number of amides is 1. The standard InChI is InChI=1S/C22H14N2O6S2/c25-18-15-4-2-1-3-14(15)17(32-22-23-5-6-31-22)10-16(18)19(26)24-13-8-11(20(27)28)7-12(9-13)21(29)30/h1-10,25H,(H,24,26)(H,27,28)(H,29,30). The molecule has 10 heteroatoms. The molecule has 0 saturated carbocycles. The largest absolute Gasteiger partial charge is 0.506 e. The zero-order chi connectivity index (χ0) is 22.8. The van der Waals surface area contributed by atoms with E-state index < -0.39 is 17.8 Å². The molecule has 3 aromatic carbocycles. The van der Waals surface area contributed by atoms with Crippen LogP contribution in [-0.2, 0) is 0 Å². The number of rotatable bonds is 6. The predicted octanol–water partition coefficient (Wildman–Crippen LogP) is 4.80. The van der Waals surface area contributed by atoms with Crippen molar-refractivity contribution in [2.75, 3.05) is 5.32 Å². The molecule has 0 fully saturated rings. The second-order valence-corrected chi connectivity index (χ2v) is 8.76. The Balaban J connectivity index is 1.76. The van der Waals surface area contributed by atoms with Gasteiger partial charge in [0.15, 0.2) is 4.34 Å². The van der Waals surface area contributed by atoms with E-state index in [1.54, 1.807) is 18.3 Å². The van der Waals surface area contributed by atoms with Crippen molar-refractivity contribution in [3.63, 3.8) is 0 Å². The first-order chi connectivity index (χ1) is 15.3. The molecule has 0 saturated heterocycles. The maximum atomic E-state index is 13.0. The molecule has 4 aromatic rings. The number of aromatic hydroxyl groups is 1. The van der Waals surface area contributed by atoms with E-state index >= 15 is 0 Å². The molecule has 160 valence electrons. The smallest absolute Gasteiger partial charge is 0.335 e. The van der Waals surface area contributed by atoms with Gasteiger partial charge in [0.2, 0.25) is 0 Å². The first-order valence-corrected chi connectivity index (χ1v) is 10.8. The van der Waals surface area contributed by atoms with Crippen molar-refractivity contribution in [1.82, 2.24) is 4.98 Å². The number of hydrogen-bond acceptors (Lipinski definition) is 7. The van der Waals surface area contributed by atoms with Crippen LogP contribution in [0.1, 0.15) is 31.1 Å². The summed E-state index contributed by atoms with van der Waals surface area (Å²) in [6, 6.07) is 11.9. The van der Waals surface area contributed by atoms with Gasteiger partial charge in [-0.05, 0) is 29.7 Å². The third kappa shape index (κ3) is 4.27. The number of aromatic carboxylic acids is 2. The highest BCUT2D eigenvalue weighted by Crippen LogP contribution is 2.40. The van der Waals surface area contributed by atoms with Gasteiger partial charge in [-0.15, -0.1) is 11.3 Å². The second-order valence-electron chi connectivity index (χ2n) is 6.58. The number of carboxylic acid groups (broad SMARTS) is 2. The van der Waals surface area contributed by atoms with Crippen LogP contribution in [0.25, 0.3) is 10.8 Å². The maximum Gasteiger partial charge on any atom is 0.335 e. The summed E-state index contributed by atoms with van der Waals surface area (Å²) in [5.74, 6) is -3.62. The van der Waals surface area contributed by atoms with Crippen molar-refractivity contribution >= 4 is 57.4 Å². The number of benzene rings is 3. The summed E-state index contributed by atoms with van der Waals surface area (Å²) >= 11 is 2.78. The van der Waals surface area contributed by atoms with Gasteiger partial charge in [0, 0.05) is 27.5 Å². The van der Waals surface area contributed by atoms with Gasteiger partial charge >= 0.3 is 11.9 Å². The van der Waals surface area contributed by atoms with Gasteiger partial charge in [0.05, 0.1) is 16.7 Å². The molecule has 1 aromatic heterocycles. The molecule has 8 nitrogen and oxygen atoms in total. The summed E-state index contributed by atoms with van der Waals surface area (Å²) in [6.45, 7) is 0. The van der Waals surface area contributed by atoms with Gasteiger partial charge in [-0.25, -0.2) is 14.6 Å². The third-order valence-electron chi connectivity index (χ3n) is 4.51. The van der Waals surface area contributed by atoms with E-state index in [-0.39, 0.29) is 28.1 Å². The molecule has 0 aliphatic carbocycles. The molecule has 0 unspecified atom stereocenters. The fourth-order valence-electron chi connectivity index (χ4n) is 3.08. The average molecular weight is 466 g/mol. The van der Waals surface area contributed by atoms with E-state index in [2.05, 4.69) is 10.3 Å². The first-order valence-electron chi connectivity index (χ1n) is 9.08. The van der Waals surface area contributed by atoms with E-state index in [0.29, 0.717) is 10.3 Å². The fraction of sp³-hybridized carbons (Fsp3) is 0. The lowest BCUT2D eigenvalue weighted by Crippen LogP contribution is -2.14. The summed E-state index contributed by atoms with van der Waals surface area (Å²) in [4.78, 5) is 40.6. The Hall–Kier alpha value is -3.89. The first kappa shape index (κ1) is 21.3. The van der Waals surface area contributed by atoms with Crippen LogP contribution in [0.2, 0.25) is 0 Å². The van der Waals surface area contributed by atoms with Crippen LogP contribution in [0.4, 0.5) is 5.69 Å². The quantitative estimate of drug-likeness (QED) is 0.318.